The number of hydrogen-bond donors (Lipinski definition) is 0. The van der Waals surface area contributed by atoms with Crippen molar-refractivity contribution < 1.29 is 9.21 Å². The molecule has 0 atom stereocenters. The zero-order valence-electron chi connectivity index (χ0n) is 11.3. The van der Waals surface area contributed by atoms with E-state index in [1.165, 1.54) is 0 Å². The van der Waals surface area contributed by atoms with Crippen molar-refractivity contribution >= 4 is 11.6 Å². The van der Waals surface area contributed by atoms with Gasteiger partial charge in [-0.05, 0) is 43.5 Å². The van der Waals surface area contributed by atoms with Gasteiger partial charge in [0.1, 0.15) is 5.76 Å². The largest absolute Gasteiger partial charge is 0.467 e. The molecule has 0 unspecified atom stereocenters. The van der Waals surface area contributed by atoms with E-state index in [0.717, 1.165) is 36.3 Å². The quantitative estimate of drug-likeness (QED) is 0.841. The molecule has 0 radical (unpaired) electrons. The maximum atomic E-state index is 12.7. The van der Waals surface area contributed by atoms with Crippen molar-refractivity contribution in [1.82, 2.24) is 0 Å². The summed E-state index contributed by atoms with van der Waals surface area (Å²) in [5, 5.41) is 0. The summed E-state index contributed by atoms with van der Waals surface area (Å²) >= 11 is 0. The molecule has 20 heavy (non-hydrogen) atoms. The highest BCUT2D eigenvalue weighted by atomic mass is 16.3. The highest BCUT2D eigenvalue weighted by molar-refractivity contribution is 6.05. The third kappa shape index (κ3) is 2.67. The lowest BCUT2D eigenvalue weighted by Gasteiger charge is -2.22. The minimum Gasteiger partial charge on any atom is -0.467 e. The fraction of sp³-hybridized carbons (Fsp3) is 0.235. The van der Waals surface area contributed by atoms with Gasteiger partial charge in [-0.15, -0.1) is 0 Å². The zero-order valence-corrected chi connectivity index (χ0v) is 11.3. The smallest absolute Gasteiger partial charge is 0.254 e. The number of benzene rings is 1. The molecule has 0 bridgehead atoms. The van der Waals surface area contributed by atoms with E-state index in [1.54, 1.807) is 11.2 Å². The van der Waals surface area contributed by atoms with Crippen molar-refractivity contribution in [3.8, 4) is 0 Å². The molecule has 3 heteroatoms. The van der Waals surface area contributed by atoms with Crippen LogP contribution in [0.3, 0.4) is 0 Å². The fourth-order valence-electron chi connectivity index (χ4n) is 2.49. The Morgan fingerprint density at radius 1 is 1.15 bits per heavy atom. The second-order valence-electron chi connectivity index (χ2n) is 4.93. The molecule has 1 heterocycles. The molecule has 0 N–H and O–H groups in total. The highest BCUT2D eigenvalue weighted by Gasteiger charge is 2.22. The van der Waals surface area contributed by atoms with Crippen LogP contribution in [0, 0.1) is 0 Å². The van der Waals surface area contributed by atoms with Gasteiger partial charge in [0.2, 0.25) is 0 Å². The summed E-state index contributed by atoms with van der Waals surface area (Å²) in [5.41, 5.74) is 1.82. The van der Waals surface area contributed by atoms with Gasteiger partial charge < -0.3 is 9.32 Å². The molecule has 0 saturated heterocycles. The van der Waals surface area contributed by atoms with Gasteiger partial charge in [0.05, 0.1) is 12.8 Å². The Bertz CT molecular complexity index is 599. The van der Waals surface area contributed by atoms with Crippen LogP contribution in [0.2, 0.25) is 0 Å². The average molecular weight is 267 g/mol. The molecule has 3 rings (SSSR count). The van der Waals surface area contributed by atoms with E-state index in [0.29, 0.717) is 6.54 Å². The van der Waals surface area contributed by atoms with Crippen LogP contribution in [0.15, 0.2) is 64.8 Å². The first-order valence-corrected chi connectivity index (χ1v) is 6.93. The molecule has 1 aromatic carbocycles. The molecule has 0 spiro atoms. The van der Waals surface area contributed by atoms with Gasteiger partial charge in [0.15, 0.2) is 0 Å². The first kappa shape index (κ1) is 12.7. The van der Waals surface area contributed by atoms with Crippen LogP contribution in [0.4, 0.5) is 5.69 Å². The Morgan fingerprint density at radius 3 is 2.65 bits per heavy atom. The number of rotatable bonds is 4. The first-order valence-electron chi connectivity index (χ1n) is 6.93. The third-order valence-corrected chi connectivity index (χ3v) is 3.52. The predicted octanol–water partition coefficient (Wildman–Crippen LogP) is 3.92. The number of amides is 1. The normalized spacial score (nSPS) is 14.1. The molecule has 3 nitrogen and oxygen atoms in total. The summed E-state index contributed by atoms with van der Waals surface area (Å²) in [6.07, 6.45) is 6.65. The van der Waals surface area contributed by atoms with E-state index in [2.05, 4.69) is 6.08 Å². The molecule has 0 aliphatic heterocycles. The van der Waals surface area contributed by atoms with Crippen molar-refractivity contribution in [3.63, 3.8) is 0 Å². The van der Waals surface area contributed by atoms with E-state index in [-0.39, 0.29) is 5.91 Å². The molecule has 2 aromatic rings. The van der Waals surface area contributed by atoms with Crippen LogP contribution in [-0.2, 0) is 11.3 Å². The first-order chi connectivity index (χ1) is 9.84. The summed E-state index contributed by atoms with van der Waals surface area (Å²) in [6.45, 7) is 0.465. The van der Waals surface area contributed by atoms with E-state index < -0.39 is 0 Å². The number of para-hydroxylation sites is 1. The lowest BCUT2D eigenvalue weighted by molar-refractivity contribution is -0.115. The molecule has 0 saturated carbocycles. The molecule has 1 aliphatic carbocycles. The minimum absolute atomic E-state index is 0.0881. The van der Waals surface area contributed by atoms with Crippen LogP contribution in [0.5, 0.6) is 0 Å². The monoisotopic (exact) mass is 267 g/mol. The van der Waals surface area contributed by atoms with E-state index in [9.17, 15) is 4.79 Å². The fourth-order valence-corrected chi connectivity index (χ4v) is 2.49. The number of hydrogen-bond acceptors (Lipinski definition) is 2. The summed E-state index contributed by atoms with van der Waals surface area (Å²) in [6, 6.07) is 13.5. The van der Waals surface area contributed by atoms with Gasteiger partial charge in [0.25, 0.3) is 5.91 Å². The van der Waals surface area contributed by atoms with Crippen LogP contribution in [-0.4, -0.2) is 5.91 Å². The maximum Gasteiger partial charge on any atom is 0.254 e. The SMILES string of the molecule is O=C(C1=CCCC1)N(Cc1ccco1)c1ccccc1. The molecule has 102 valence electrons. The van der Waals surface area contributed by atoms with Crippen LogP contribution >= 0.6 is 0 Å². The third-order valence-electron chi connectivity index (χ3n) is 3.52. The standard InChI is InChI=1S/C17H17NO2/c19-17(14-7-4-5-8-14)18(13-16-11-6-12-20-16)15-9-2-1-3-10-15/h1-3,6-7,9-12H,4-5,8,13H2. The molecule has 0 fully saturated rings. The van der Waals surface area contributed by atoms with Gasteiger partial charge in [-0.25, -0.2) is 0 Å². The van der Waals surface area contributed by atoms with Gasteiger partial charge in [0, 0.05) is 11.3 Å². The maximum absolute atomic E-state index is 12.7. The summed E-state index contributed by atoms with van der Waals surface area (Å²) in [7, 11) is 0. The summed E-state index contributed by atoms with van der Waals surface area (Å²) < 4.78 is 5.38. The molecule has 1 aliphatic rings. The zero-order chi connectivity index (χ0) is 13.8. The second kappa shape index (κ2) is 5.78. The number of nitrogens with zero attached hydrogens (tertiary/aromatic N) is 1. The molecule has 1 amide bonds. The van der Waals surface area contributed by atoms with Crippen molar-refractivity contribution in [2.75, 3.05) is 4.90 Å². The lowest BCUT2D eigenvalue weighted by Crippen LogP contribution is -2.31. The van der Waals surface area contributed by atoms with Gasteiger partial charge in [-0.2, -0.15) is 0 Å². The Morgan fingerprint density at radius 2 is 2.00 bits per heavy atom. The molecular formula is C17H17NO2. The van der Waals surface area contributed by atoms with Crippen LogP contribution in [0.25, 0.3) is 0 Å². The highest BCUT2D eigenvalue weighted by Crippen LogP contribution is 2.25. The Balaban J connectivity index is 1.88. The van der Waals surface area contributed by atoms with Crippen molar-refractivity contribution in [3.05, 3.63) is 66.1 Å². The summed E-state index contributed by atoms with van der Waals surface area (Å²) in [4.78, 5) is 14.5. The molecule has 1 aromatic heterocycles. The Kier molecular flexibility index (Phi) is 3.68. The minimum atomic E-state index is 0.0881. The summed E-state index contributed by atoms with van der Waals surface area (Å²) in [5.74, 6) is 0.880. The number of carbonyl (C=O) groups is 1. The van der Waals surface area contributed by atoms with Crippen LogP contribution < -0.4 is 4.90 Å². The van der Waals surface area contributed by atoms with Gasteiger partial charge in [-0.3, -0.25) is 4.79 Å². The average Bonchev–Trinajstić information content (AvgIpc) is 3.18. The van der Waals surface area contributed by atoms with Crippen LogP contribution in [0.1, 0.15) is 25.0 Å². The number of furan rings is 1. The number of allylic oxidation sites excluding steroid dienone is 1. The second-order valence-corrected chi connectivity index (χ2v) is 4.93. The van der Waals surface area contributed by atoms with Gasteiger partial charge in [-0.1, -0.05) is 24.3 Å². The van der Waals surface area contributed by atoms with E-state index in [4.69, 9.17) is 4.42 Å². The topological polar surface area (TPSA) is 33.5 Å². The van der Waals surface area contributed by atoms with Crippen molar-refractivity contribution in [1.29, 1.82) is 0 Å². The van der Waals surface area contributed by atoms with E-state index >= 15 is 0 Å². The van der Waals surface area contributed by atoms with Gasteiger partial charge >= 0.3 is 0 Å². The van der Waals surface area contributed by atoms with Crippen molar-refractivity contribution in [2.24, 2.45) is 0 Å². The molecular weight excluding hydrogens is 250 g/mol. The Labute approximate surface area is 118 Å². The number of carbonyl (C=O) groups excluding carboxylic acids is 1. The van der Waals surface area contributed by atoms with Crippen molar-refractivity contribution in [2.45, 2.75) is 25.8 Å². The predicted molar refractivity (Wildman–Crippen MR) is 78.3 cm³/mol. The lowest BCUT2D eigenvalue weighted by atomic mass is 10.2. The Hall–Kier alpha value is -2.29. The van der Waals surface area contributed by atoms with E-state index in [1.807, 2.05) is 42.5 Å². The number of anilines is 1.